The monoisotopic (exact) mass is 255 g/mol. The van der Waals surface area contributed by atoms with Gasteiger partial charge in [-0.2, -0.15) is 0 Å². The van der Waals surface area contributed by atoms with E-state index in [-0.39, 0.29) is 6.10 Å². The standard InChI is InChI=1S/C7H14INO/c1-2-6-5-9(8)4-3-7(6)10/h6-7,10H,2-5H2,1H3. The Morgan fingerprint density at radius 2 is 2.40 bits per heavy atom. The molecule has 0 aliphatic carbocycles. The molecule has 1 aliphatic heterocycles. The first-order chi connectivity index (χ1) is 4.74. The SMILES string of the molecule is CCC1CN(I)CCC1O. The van der Waals surface area contributed by atoms with E-state index in [1.54, 1.807) is 0 Å². The van der Waals surface area contributed by atoms with E-state index in [2.05, 4.69) is 32.9 Å². The van der Waals surface area contributed by atoms with Crippen LogP contribution in [0, 0.1) is 5.92 Å². The minimum Gasteiger partial charge on any atom is -0.393 e. The van der Waals surface area contributed by atoms with Gasteiger partial charge in [-0.05, 0) is 18.8 Å². The zero-order chi connectivity index (χ0) is 7.56. The van der Waals surface area contributed by atoms with Crippen molar-refractivity contribution in [1.29, 1.82) is 0 Å². The van der Waals surface area contributed by atoms with Crippen molar-refractivity contribution < 1.29 is 5.11 Å². The summed E-state index contributed by atoms with van der Waals surface area (Å²) in [4.78, 5) is 0. The van der Waals surface area contributed by atoms with Gasteiger partial charge >= 0.3 is 0 Å². The van der Waals surface area contributed by atoms with Gasteiger partial charge in [0.05, 0.1) is 6.10 Å². The van der Waals surface area contributed by atoms with Gasteiger partial charge in [-0.3, -0.25) is 0 Å². The van der Waals surface area contributed by atoms with Gasteiger partial charge in [0.15, 0.2) is 0 Å². The Labute approximate surface area is 76.1 Å². The van der Waals surface area contributed by atoms with Crippen molar-refractivity contribution in [3.8, 4) is 0 Å². The molecule has 1 aliphatic rings. The van der Waals surface area contributed by atoms with E-state index in [0.717, 1.165) is 25.9 Å². The number of aliphatic hydroxyl groups is 1. The lowest BCUT2D eigenvalue weighted by Crippen LogP contribution is -2.37. The molecule has 1 N–H and O–H groups in total. The van der Waals surface area contributed by atoms with Crippen LogP contribution < -0.4 is 0 Å². The zero-order valence-electron chi connectivity index (χ0n) is 6.26. The van der Waals surface area contributed by atoms with Gasteiger partial charge in [0, 0.05) is 36.0 Å². The molecule has 3 heteroatoms. The van der Waals surface area contributed by atoms with Crippen molar-refractivity contribution in [2.45, 2.75) is 25.9 Å². The van der Waals surface area contributed by atoms with Crippen LogP contribution in [0.5, 0.6) is 0 Å². The van der Waals surface area contributed by atoms with Crippen LogP contribution in [-0.2, 0) is 0 Å². The predicted octanol–water partition coefficient (Wildman–Crippen LogP) is 1.43. The first-order valence-electron chi connectivity index (χ1n) is 3.82. The van der Waals surface area contributed by atoms with Crippen LogP contribution in [0.3, 0.4) is 0 Å². The average Bonchev–Trinajstić information content (AvgIpc) is 1.94. The molecule has 1 saturated heterocycles. The third-order valence-corrected chi connectivity index (χ3v) is 3.04. The molecule has 0 aromatic rings. The molecule has 2 atom stereocenters. The highest BCUT2D eigenvalue weighted by Gasteiger charge is 2.24. The van der Waals surface area contributed by atoms with Crippen LogP contribution in [0.4, 0.5) is 0 Å². The fourth-order valence-corrected chi connectivity index (χ4v) is 2.16. The summed E-state index contributed by atoms with van der Waals surface area (Å²) in [7, 11) is 0. The van der Waals surface area contributed by atoms with Gasteiger partial charge < -0.3 is 5.11 Å². The molecular weight excluding hydrogens is 241 g/mol. The lowest BCUT2D eigenvalue weighted by Gasteiger charge is -2.31. The molecule has 1 fully saturated rings. The van der Waals surface area contributed by atoms with Crippen LogP contribution in [0.15, 0.2) is 0 Å². The normalized spacial score (nSPS) is 36.3. The molecule has 0 aromatic heterocycles. The zero-order valence-corrected chi connectivity index (χ0v) is 8.41. The second-order valence-electron chi connectivity index (χ2n) is 2.89. The molecule has 0 spiro atoms. The van der Waals surface area contributed by atoms with Crippen LogP contribution in [0.1, 0.15) is 19.8 Å². The van der Waals surface area contributed by atoms with Crippen molar-refractivity contribution in [2.75, 3.05) is 13.1 Å². The Morgan fingerprint density at radius 1 is 1.70 bits per heavy atom. The van der Waals surface area contributed by atoms with Gasteiger partial charge in [0.1, 0.15) is 0 Å². The van der Waals surface area contributed by atoms with Gasteiger partial charge in [-0.1, -0.05) is 6.92 Å². The highest BCUT2D eigenvalue weighted by molar-refractivity contribution is 14.1. The molecule has 60 valence electrons. The molecule has 1 rings (SSSR count). The second-order valence-corrected chi connectivity index (χ2v) is 4.26. The van der Waals surface area contributed by atoms with Crippen LogP contribution in [0.2, 0.25) is 0 Å². The largest absolute Gasteiger partial charge is 0.393 e. The first kappa shape index (κ1) is 8.74. The molecule has 1 heterocycles. The lowest BCUT2D eigenvalue weighted by atomic mass is 9.94. The van der Waals surface area contributed by atoms with E-state index in [4.69, 9.17) is 0 Å². The fraction of sp³-hybridized carbons (Fsp3) is 1.00. The number of hydrogen-bond donors (Lipinski definition) is 1. The Kier molecular flexibility index (Phi) is 3.39. The molecule has 0 saturated carbocycles. The van der Waals surface area contributed by atoms with Crippen LogP contribution in [0.25, 0.3) is 0 Å². The summed E-state index contributed by atoms with van der Waals surface area (Å²) in [6.07, 6.45) is 2.00. The molecule has 0 radical (unpaired) electrons. The number of halogens is 1. The summed E-state index contributed by atoms with van der Waals surface area (Å²) in [5.74, 6) is 0.505. The minimum absolute atomic E-state index is 0.0454. The summed E-state index contributed by atoms with van der Waals surface area (Å²) in [5, 5.41) is 9.46. The topological polar surface area (TPSA) is 23.5 Å². The summed E-state index contributed by atoms with van der Waals surface area (Å²) in [5.41, 5.74) is 0. The summed E-state index contributed by atoms with van der Waals surface area (Å²) < 4.78 is 2.26. The fourth-order valence-electron chi connectivity index (χ4n) is 1.38. The summed E-state index contributed by atoms with van der Waals surface area (Å²) >= 11 is 2.33. The highest BCUT2D eigenvalue weighted by Crippen LogP contribution is 2.21. The van der Waals surface area contributed by atoms with Gasteiger partial charge in [0.2, 0.25) is 0 Å². The second kappa shape index (κ2) is 3.88. The van der Waals surface area contributed by atoms with E-state index in [1.165, 1.54) is 0 Å². The third-order valence-electron chi connectivity index (χ3n) is 2.17. The Balaban J connectivity index is 2.38. The Bertz CT molecular complexity index is 110. The molecule has 0 amide bonds. The van der Waals surface area contributed by atoms with Crippen molar-refractivity contribution in [1.82, 2.24) is 3.11 Å². The van der Waals surface area contributed by atoms with Crippen molar-refractivity contribution in [3.63, 3.8) is 0 Å². The summed E-state index contributed by atoms with van der Waals surface area (Å²) in [6, 6.07) is 0. The maximum atomic E-state index is 9.46. The smallest absolute Gasteiger partial charge is 0.0593 e. The number of piperidine rings is 1. The number of hydrogen-bond acceptors (Lipinski definition) is 2. The summed E-state index contributed by atoms with van der Waals surface area (Å²) in [6.45, 7) is 4.24. The van der Waals surface area contributed by atoms with E-state index < -0.39 is 0 Å². The number of aliphatic hydroxyl groups excluding tert-OH is 1. The Hall–Kier alpha value is 0.650. The van der Waals surface area contributed by atoms with Crippen molar-refractivity contribution in [2.24, 2.45) is 5.92 Å². The van der Waals surface area contributed by atoms with E-state index >= 15 is 0 Å². The molecule has 2 unspecified atom stereocenters. The third kappa shape index (κ3) is 2.07. The molecule has 0 aromatic carbocycles. The van der Waals surface area contributed by atoms with Gasteiger partial charge in [-0.15, -0.1) is 0 Å². The van der Waals surface area contributed by atoms with Crippen LogP contribution in [-0.4, -0.2) is 27.4 Å². The average molecular weight is 255 g/mol. The van der Waals surface area contributed by atoms with Crippen LogP contribution >= 0.6 is 22.9 Å². The predicted molar refractivity (Wildman–Crippen MR) is 50.0 cm³/mol. The molecular formula is C7H14INO. The molecule has 0 bridgehead atoms. The lowest BCUT2D eigenvalue weighted by molar-refractivity contribution is 0.0595. The highest BCUT2D eigenvalue weighted by atomic mass is 127. The maximum Gasteiger partial charge on any atom is 0.0593 e. The minimum atomic E-state index is -0.0454. The van der Waals surface area contributed by atoms with E-state index in [1.807, 2.05) is 0 Å². The molecule has 2 nitrogen and oxygen atoms in total. The quantitative estimate of drug-likeness (QED) is 0.566. The first-order valence-corrected chi connectivity index (χ1v) is 4.79. The van der Waals surface area contributed by atoms with Gasteiger partial charge in [0.25, 0.3) is 0 Å². The molecule has 10 heavy (non-hydrogen) atoms. The number of rotatable bonds is 1. The van der Waals surface area contributed by atoms with E-state index in [0.29, 0.717) is 5.92 Å². The van der Waals surface area contributed by atoms with Crippen molar-refractivity contribution >= 4 is 22.9 Å². The maximum absolute atomic E-state index is 9.46. The number of nitrogens with zero attached hydrogens (tertiary/aromatic N) is 1. The van der Waals surface area contributed by atoms with E-state index in [9.17, 15) is 5.11 Å². The Morgan fingerprint density at radius 3 is 2.90 bits per heavy atom. The van der Waals surface area contributed by atoms with Crippen molar-refractivity contribution in [3.05, 3.63) is 0 Å². The van der Waals surface area contributed by atoms with Gasteiger partial charge in [-0.25, -0.2) is 3.11 Å².